The number of halogens is 1. The average molecular weight is 347 g/mol. The van der Waals surface area contributed by atoms with E-state index in [9.17, 15) is 4.79 Å². The fraction of sp³-hybridized carbons (Fsp3) is 0.316. The Hall–Kier alpha value is -2.20. The number of hydrogen-bond donors (Lipinski definition) is 2. The third-order valence-electron chi connectivity index (χ3n) is 3.38. The molecule has 0 atom stereocenters. The molecule has 0 aromatic heterocycles. The van der Waals surface area contributed by atoms with Gasteiger partial charge in [0.25, 0.3) is 0 Å². The molecule has 24 heavy (non-hydrogen) atoms. The molecule has 0 bridgehead atoms. The lowest BCUT2D eigenvalue weighted by molar-refractivity contribution is -0.115. The van der Waals surface area contributed by atoms with E-state index in [1.165, 1.54) is 0 Å². The molecule has 0 aliphatic rings. The molecular formula is C19H23ClN2O2. The molecule has 128 valence electrons. The lowest BCUT2D eigenvalue weighted by Gasteiger charge is -2.15. The van der Waals surface area contributed by atoms with Gasteiger partial charge in [-0.25, -0.2) is 0 Å². The summed E-state index contributed by atoms with van der Waals surface area (Å²) in [5.41, 5.74) is 2.62. The summed E-state index contributed by atoms with van der Waals surface area (Å²) >= 11 is 5.92. The van der Waals surface area contributed by atoms with Gasteiger partial charge < -0.3 is 15.4 Å². The summed E-state index contributed by atoms with van der Waals surface area (Å²) in [6.45, 7) is 6.41. The quantitative estimate of drug-likeness (QED) is 0.751. The van der Waals surface area contributed by atoms with E-state index in [2.05, 4.69) is 10.6 Å². The van der Waals surface area contributed by atoms with E-state index in [0.29, 0.717) is 18.0 Å². The number of carbonyl (C=O) groups excluding carboxylic acids is 1. The first-order valence-electron chi connectivity index (χ1n) is 8.01. The van der Waals surface area contributed by atoms with E-state index < -0.39 is 0 Å². The van der Waals surface area contributed by atoms with Gasteiger partial charge in [0.2, 0.25) is 5.91 Å². The van der Waals surface area contributed by atoms with E-state index in [-0.39, 0.29) is 12.0 Å². The molecule has 1 amide bonds. The minimum absolute atomic E-state index is 0.0461. The first kappa shape index (κ1) is 18.1. The number of benzene rings is 2. The van der Waals surface area contributed by atoms with Crippen molar-refractivity contribution in [1.29, 1.82) is 0 Å². The van der Waals surface area contributed by atoms with Crippen LogP contribution in [-0.4, -0.2) is 18.6 Å². The van der Waals surface area contributed by atoms with Crippen molar-refractivity contribution in [1.82, 2.24) is 0 Å². The predicted octanol–water partition coefficient (Wildman–Crippen LogP) is 4.88. The van der Waals surface area contributed by atoms with Crippen molar-refractivity contribution in [3.63, 3.8) is 0 Å². The molecule has 0 heterocycles. The summed E-state index contributed by atoms with van der Waals surface area (Å²) in [6.07, 6.45) is 0.460. The fourth-order valence-electron chi connectivity index (χ4n) is 2.26. The predicted molar refractivity (Wildman–Crippen MR) is 100 cm³/mol. The van der Waals surface area contributed by atoms with Gasteiger partial charge in [0.15, 0.2) is 0 Å². The highest BCUT2D eigenvalue weighted by Gasteiger charge is 2.07. The van der Waals surface area contributed by atoms with Gasteiger partial charge in [0.1, 0.15) is 5.75 Å². The zero-order valence-corrected chi connectivity index (χ0v) is 15.0. The van der Waals surface area contributed by atoms with Crippen LogP contribution in [0.2, 0.25) is 5.02 Å². The minimum Gasteiger partial charge on any atom is -0.489 e. The number of hydrogen-bond acceptors (Lipinski definition) is 3. The van der Waals surface area contributed by atoms with Gasteiger partial charge in [-0.05, 0) is 56.7 Å². The number of rotatable bonds is 7. The van der Waals surface area contributed by atoms with Crippen molar-refractivity contribution in [2.75, 3.05) is 17.2 Å². The topological polar surface area (TPSA) is 50.4 Å². The van der Waals surface area contributed by atoms with Crippen molar-refractivity contribution in [2.24, 2.45) is 0 Å². The highest BCUT2D eigenvalue weighted by molar-refractivity contribution is 6.30. The van der Waals surface area contributed by atoms with Crippen molar-refractivity contribution in [3.05, 3.63) is 53.1 Å². The zero-order chi connectivity index (χ0) is 17.5. The maximum atomic E-state index is 12.1. The molecule has 5 heteroatoms. The normalized spacial score (nSPS) is 10.5. The number of ether oxygens (including phenoxy) is 1. The van der Waals surface area contributed by atoms with Gasteiger partial charge in [-0.3, -0.25) is 4.79 Å². The van der Waals surface area contributed by atoms with Crippen LogP contribution < -0.4 is 15.4 Å². The SMILES string of the molecule is Cc1cc(Cl)ccc1NC(=O)CCNc1ccccc1OC(C)C. The van der Waals surface area contributed by atoms with E-state index in [0.717, 1.165) is 22.7 Å². The van der Waals surface area contributed by atoms with E-state index in [1.54, 1.807) is 6.07 Å². The Morgan fingerprint density at radius 1 is 1.17 bits per heavy atom. The first-order chi connectivity index (χ1) is 11.5. The molecule has 0 saturated carbocycles. The van der Waals surface area contributed by atoms with Crippen LogP contribution in [-0.2, 0) is 4.79 Å². The maximum Gasteiger partial charge on any atom is 0.226 e. The molecular weight excluding hydrogens is 324 g/mol. The highest BCUT2D eigenvalue weighted by atomic mass is 35.5. The number of para-hydroxylation sites is 2. The molecule has 0 fully saturated rings. The van der Waals surface area contributed by atoms with E-state index in [1.807, 2.05) is 57.2 Å². The number of aryl methyl sites for hydroxylation is 1. The number of carbonyl (C=O) groups is 1. The number of nitrogens with one attached hydrogen (secondary N) is 2. The number of amides is 1. The lowest BCUT2D eigenvalue weighted by Crippen LogP contribution is -2.17. The van der Waals surface area contributed by atoms with Gasteiger partial charge in [-0.2, -0.15) is 0 Å². The smallest absolute Gasteiger partial charge is 0.226 e. The maximum absolute atomic E-state index is 12.1. The summed E-state index contributed by atoms with van der Waals surface area (Å²) in [6, 6.07) is 13.1. The van der Waals surface area contributed by atoms with Crippen LogP contribution in [0.4, 0.5) is 11.4 Å². The van der Waals surface area contributed by atoms with Crippen molar-refractivity contribution < 1.29 is 9.53 Å². The Morgan fingerprint density at radius 2 is 1.92 bits per heavy atom. The van der Waals surface area contributed by atoms with Crippen molar-refractivity contribution in [2.45, 2.75) is 33.3 Å². The van der Waals surface area contributed by atoms with Gasteiger partial charge in [-0.1, -0.05) is 23.7 Å². The molecule has 2 N–H and O–H groups in total. The molecule has 0 spiro atoms. The minimum atomic E-state index is -0.0461. The monoisotopic (exact) mass is 346 g/mol. The largest absolute Gasteiger partial charge is 0.489 e. The van der Waals surface area contributed by atoms with E-state index in [4.69, 9.17) is 16.3 Å². The summed E-state index contributed by atoms with van der Waals surface area (Å²) in [4.78, 5) is 12.1. The van der Waals surface area contributed by atoms with Crippen molar-refractivity contribution >= 4 is 28.9 Å². The van der Waals surface area contributed by atoms with Gasteiger partial charge in [0, 0.05) is 23.7 Å². The molecule has 2 aromatic carbocycles. The molecule has 0 aliphatic heterocycles. The zero-order valence-electron chi connectivity index (χ0n) is 14.2. The van der Waals surface area contributed by atoms with Crippen molar-refractivity contribution in [3.8, 4) is 5.75 Å². The van der Waals surface area contributed by atoms with Crippen LogP contribution in [0.3, 0.4) is 0 Å². The third-order valence-corrected chi connectivity index (χ3v) is 3.61. The van der Waals surface area contributed by atoms with Crippen LogP contribution in [0, 0.1) is 6.92 Å². The molecule has 4 nitrogen and oxygen atoms in total. The Balaban J connectivity index is 1.87. The third kappa shape index (κ3) is 5.46. The Labute approximate surface area is 148 Å². The van der Waals surface area contributed by atoms with Gasteiger partial charge >= 0.3 is 0 Å². The van der Waals surface area contributed by atoms with E-state index >= 15 is 0 Å². The van der Waals surface area contributed by atoms with Crippen LogP contribution in [0.5, 0.6) is 5.75 Å². The number of anilines is 2. The highest BCUT2D eigenvalue weighted by Crippen LogP contribution is 2.25. The first-order valence-corrected chi connectivity index (χ1v) is 8.39. The molecule has 0 radical (unpaired) electrons. The van der Waals surface area contributed by atoms with Gasteiger partial charge in [0.05, 0.1) is 11.8 Å². The Kier molecular flexibility index (Phi) is 6.50. The second kappa shape index (κ2) is 8.60. The summed E-state index contributed by atoms with van der Waals surface area (Å²) < 4.78 is 5.75. The second-order valence-electron chi connectivity index (χ2n) is 5.85. The molecule has 2 rings (SSSR count). The fourth-order valence-corrected chi connectivity index (χ4v) is 2.49. The molecule has 0 unspecified atom stereocenters. The Bertz CT molecular complexity index is 702. The van der Waals surface area contributed by atoms with Crippen LogP contribution in [0.25, 0.3) is 0 Å². The summed E-state index contributed by atoms with van der Waals surface area (Å²) in [7, 11) is 0. The lowest BCUT2D eigenvalue weighted by atomic mass is 10.2. The standard InChI is InChI=1S/C19H23ClN2O2/c1-13(2)24-18-7-5-4-6-17(18)21-11-10-19(23)22-16-9-8-15(20)12-14(16)3/h4-9,12-13,21H,10-11H2,1-3H3,(H,22,23). The Morgan fingerprint density at radius 3 is 2.62 bits per heavy atom. The summed E-state index contributed by atoms with van der Waals surface area (Å²) in [5.74, 6) is 0.747. The molecule has 0 aliphatic carbocycles. The van der Waals surface area contributed by atoms with Crippen LogP contribution in [0.15, 0.2) is 42.5 Å². The molecule has 2 aromatic rings. The van der Waals surface area contributed by atoms with Crippen LogP contribution >= 0.6 is 11.6 Å². The molecule has 0 saturated heterocycles. The average Bonchev–Trinajstić information content (AvgIpc) is 2.51. The summed E-state index contributed by atoms with van der Waals surface area (Å²) in [5, 5.41) is 6.81. The van der Waals surface area contributed by atoms with Crippen LogP contribution in [0.1, 0.15) is 25.8 Å². The van der Waals surface area contributed by atoms with Gasteiger partial charge in [-0.15, -0.1) is 0 Å². The second-order valence-corrected chi connectivity index (χ2v) is 6.28.